The summed E-state index contributed by atoms with van der Waals surface area (Å²) in [6.45, 7) is 2.08. The molecule has 0 aliphatic heterocycles. The lowest BCUT2D eigenvalue weighted by Gasteiger charge is -2.28. The number of allylic oxidation sites excluding steroid dienone is 1. The fourth-order valence-corrected chi connectivity index (χ4v) is 9.40. The Bertz CT molecular complexity index is 915. The molecule has 3 rings (SSSR count). The fourth-order valence-electron chi connectivity index (χ4n) is 2.68. The van der Waals surface area contributed by atoms with Gasteiger partial charge in [0.05, 0.1) is 0 Å². The third kappa shape index (κ3) is 3.01. The van der Waals surface area contributed by atoms with Gasteiger partial charge in [0.15, 0.2) is 0 Å². The maximum atomic E-state index is 4.03. The Morgan fingerprint density at radius 1 is 0.792 bits per heavy atom. The Hall–Kier alpha value is 2.02. The summed E-state index contributed by atoms with van der Waals surface area (Å²) < 4.78 is 6.45. The second-order valence-corrected chi connectivity index (χ2v) is 12.1. The molecule has 0 fully saturated rings. The highest BCUT2D eigenvalue weighted by molar-refractivity contribution is 9.17. The molecule has 2 aromatic rings. The van der Waals surface area contributed by atoms with Gasteiger partial charge < -0.3 is 0 Å². The molecule has 2 aromatic carbocycles. The summed E-state index contributed by atoms with van der Waals surface area (Å²) in [5.74, 6) is 0. The van der Waals surface area contributed by atoms with Gasteiger partial charge in [-0.2, -0.15) is 0 Å². The number of aryl methyl sites for hydroxylation is 1. The second-order valence-electron chi connectivity index (χ2n) is 5.28. The summed E-state index contributed by atoms with van der Waals surface area (Å²) in [6.07, 6.45) is 0. The van der Waals surface area contributed by atoms with Gasteiger partial charge in [0.25, 0.3) is 0 Å². The lowest BCUT2D eigenvalue weighted by Crippen LogP contribution is -2.19. The molecular formula is C16H6Br8. The minimum atomic E-state index is -0.516. The lowest BCUT2D eigenvalue weighted by atomic mass is 9.92. The van der Waals surface area contributed by atoms with Crippen molar-refractivity contribution in [3.05, 3.63) is 67.3 Å². The Kier molecular flexibility index (Phi) is 6.44. The second kappa shape index (κ2) is 7.45. The SMILES string of the molecule is Cc1ccc(C2(Br)C(Br)=C(Br)c3c(Br)c(Br)c(Br)c(Br)c32)c(Br)c1. The van der Waals surface area contributed by atoms with Crippen LogP contribution in [-0.4, -0.2) is 0 Å². The molecule has 0 radical (unpaired) electrons. The van der Waals surface area contributed by atoms with E-state index in [1.54, 1.807) is 0 Å². The number of fused-ring (bicyclic) bond motifs is 1. The zero-order chi connectivity index (χ0) is 18.0. The monoisotopic (exact) mass is 829 g/mol. The Morgan fingerprint density at radius 3 is 1.96 bits per heavy atom. The Labute approximate surface area is 207 Å². The van der Waals surface area contributed by atoms with E-state index in [9.17, 15) is 0 Å². The first-order valence-corrected chi connectivity index (χ1v) is 12.8. The molecule has 1 unspecified atom stereocenters. The van der Waals surface area contributed by atoms with Gasteiger partial charge in [-0.3, -0.25) is 0 Å². The van der Waals surface area contributed by atoms with Gasteiger partial charge in [0.2, 0.25) is 0 Å². The summed E-state index contributed by atoms with van der Waals surface area (Å²) in [7, 11) is 0. The molecular weight excluding hydrogens is 831 g/mol. The van der Waals surface area contributed by atoms with E-state index in [0.29, 0.717) is 0 Å². The predicted octanol–water partition coefficient (Wildman–Crippen LogP) is 9.92. The molecule has 0 N–H and O–H groups in total. The average Bonchev–Trinajstić information content (AvgIpc) is 2.73. The van der Waals surface area contributed by atoms with E-state index in [1.165, 1.54) is 5.56 Å². The molecule has 0 saturated carbocycles. The van der Waals surface area contributed by atoms with Gasteiger partial charge in [0, 0.05) is 42.5 Å². The third-order valence-electron chi connectivity index (χ3n) is 3.82. The summed E-state index contributed by atoms with van der Waals surface area (Å²) in [6, 6.07) is 6.38. The largest absolute Gasteiger partial charge is 0.111 e. The van der Waals surface area contributed by atoms with Crippen LogP contribution in [0.1, 0.15) is 22.3 Å². The van der Waals surface area contributed by atoms with Crippen LogP contribution in [0.15, 0.2) is 45.0 Å². The number of halogens is 8. The number of alkyl halides is 1. The third-order valence-corrected chi connectivity index (χ3v) is 13.3. The summed E-state index contributed by atoms with van der Waals surface area (Å²) >= 11 is 30.1. The van der Waals surface area contributed by atoms with Crippen LogP contribution in [-0.2, 0) is 4.32 Å². The number of hydrogen-bond donors (Lipinski definition) is 0. The summed E-state index contributed by atoms with van der Waals surface area (Å²) in [5.41, 5.74) is 4.54. The molecule has 1 atom stereocenters. The number of rotatable bonds is 1. The van der Waals surface area contributed by atoms with E-state index in [4.69, 9.17) is 0 Å². The molecule has 0 bridgehead atoms. The van der Waals surface area contributed by atoms with E-state index in [0.717, 1.165) is 48.0 Å². The number of hydrogen-bond acceptors (Lipinski definition) is 0. The maximum absolute atomic E-state index is 4.03. The van der Waals surface area contributed by atoms with Crippen LogP contribution < -0.4 is 0 Å². The van der Waals surface area contributed by atoms with Crippen LogP contribution in [0.5, 0.6) is 0 Å². The molecule has 126 valence electrons. The van der Waals surface area contributed by atoms with Crippen molar-refractivity contribution >= 4 is 132 Å². The molecule has 8 heteroatoms. The van der Waals surface area contributed by atoms with Crippen molar-refractivity contribution in [1.82, 2.24) is 0 Å². The molecule has 0 nitrogen and oxygen atoms in total. The molecule has 0 amide bonds. The van der Waals surface area contributed by atoms with Crippen molar-refractivity contribution < 1.29 is 0 Å². The highest BCUT2D eigenvalue weighted by Gasteiger charge is 2.47. The van der Waals surface area contributed by atoms with Crippen molar-refractivity contribution in [2.45, 2.75) is 11.2 Å². The van der Waals surface area contributed by atoms with Gasteiger partial charge in [-0.05, 0) is 104 Å². The molecule has 1 aliphatic carbocycles. The molecule has 0 heterocycles. The van der Waals surface area contributed by atoms with Gasteiger partial charge in [0.1, 0.15) is 4.32 Å². The average molecular weight is 837 g/mol. The molecule has 24 heavy (non-hydrogen) atoms. The van der Waals surface area contributed by atoms with E-state index < -0.39 is 4.32 Å². The van der Waals surface area contributed by atoms with Crippen LogP contribution in [0.25, 0.3) is 4.48 Å². The molecule has 0 spiro atoms. The highest BCUT2D eigenvalue weighted by Crippen LogP contribution is 2.64. The normalized spacial score (nSPS) is 19.9. The minimum Gasteiger partial charge on any atom is -0.0688 e. The van der Waals surface area contributed by atoms with Crippen LogP contribution >= 0.6 is 127 Å². The van der Waals surface area contributed by atoms with Gasteiger partial charge in [-0.1, -0.05) is 59.9 Å². The minimum absolute atomic E-state index is 0.516. The van der Waals surface area contributed by atoms with Gasteiger partial charge in [-0.15, -0.1) is 0 Å². The summed E-state index contributed by atoms with van der Waals surface area (Å²) in [5, 5.41) is 0. The first kappa shape index (κ1) is 20.7. The Balaban J connectivity index is 2.46. The summed E-state index contributed by atoms with van der Waals surface area (Å²) in [4.78, 5) is 0. The van der Waals surface area contributed by atoms with Crippen LogP contribution in [0.2, 0.25) is 0 Å². The van der Waals surface area contributed by atoms with Crippen molar-refractivity contribution in [3.63, 3.8) is 0 Å². The molecule has 1 aliphatic rings. The van der Waals surface area contributed by atoms with Crippen molar-refractivity contribution in [1.29, 1.82) is 0 Å². The van der Waals surface area contributed by atoms with Crippen LogP contribution in [0.3, 0.4) is 0 Å². The van der Waals surface area contributed by atoms with Crippen LogP contribution in [0, 0.1) is 6.92 Å². The first-order chi connectivity index (χ1) is 11.1. The maximum Gasteiger partial charge on any atom is 0.111 e. The van der Waals surface area contributed by atoms with Gasteiger partial charge >= 0.3 is 0 Å². The van der Waals surface area contributed by atoms with Crippen molar-refractivity contribution in [3.8, 4) is 0 Å². The Morgan fingerprint density at radius 2 is 1.38 bits per heavy atom. The first-order valence-electron chi connectivity index (χ1n) is 6.50. The van der Waals surface area contributed by atoms with E-state index in [-0.39, 0.29) is 0 Å². The lowest BCUT2D eigenvalue weighted by molar-refractivity contribution is 0.951. The van der Waals surface area contributed by atoms with E-state index >= 15 is 0 Å². The van der Waals surface area contributed by atoms with E-state index in [1.807, 2.05) is 0 Å². The van der Waals surface area contributed by atoms with Crippen LogP contribution in [0.4, 0.5) is 0 Å². The number of benzene rings is 2. The van der Waals surface area contributed by atoms with E-state index in [2.05, 4.69) is 153 Å². The quantitative estimate of drug-likeness (QED) is 0.153. The van der Waals surface area contributed by atoms with Gasteiger partial charge in [-0.25, -0.2) is 0 Å². The zero-order valence-electron chi connectivity index (χ0n) is 11.8. The fraction of sp³-hybridized carbons (Fsp3) is 0.125. The van der Waals surface area contributed by atoms with Crippen molar-refractivity contribution in [2.24, 2.45) is 0 Å². The van der Waals surface area contributed by atoms with Crippen molar-refractivity contribution in [2.75, 3.05) is 0 Å². The smallest absolute Gasteiger partial charge is 0.0688 e. The molecule has 0 saturated heterocycles. The molecule has 0 aromatic heterocycles. The topological polar surface area (TPSA) is 0 Å². The standard InChI is InChI=1S/C16H6Br8/c1-5-2-3-6(7(17)4-5)16(24)9-8(11(19)15(16)23)10(18)13(21)14(22)12(9)20/h2-4H,1H3. The highest BCUT2D eigenvalue weighted by atomic mass is 79.9. The predicted molar refractivity (Wildman–Crippen MR) is 131 cm³/mol. The zero-order valence-corrected chi connectivity index (χ0v) is 24.4.